The zero-order valence-corrected chi connectivity index (χ0v) is 18.2. The predicted molar refractivity (Wildman–Crippen MR) is 126 cm³/mol. The van der Waals surface area contributed by atoms with Crippen LogP contribution in [0.2, 0.25) is 0 Å². The Morgan fingerprint density at radius 2 is 1.77 bits per heavy atom. The van der Waals surface area contributed by atoms with Gasteiger partial charge in [0.15, 0.2) is 5.11 Å². The van der Waals surface area contributed by atoms with Gasteiger partial charge >= 0.3 is 0 Å². The van der Waals surface area contributed by atoms with Gasteiger partial charge in [0.2, 0.25) is 0 Å². The monoisotopic (exact) mass is 416 g/mol. The van der Waals surface area contributed by atoms with E-state index in [4.69, 9.17) is 12.2 Å². The second-order valence-electron chi connectivity index (χ2n) is 8.46. The van der Waals surface area contributed by atoms with Crippen LogP contribution in [0, 0.1) is 6.92 Å². The summed E-state index contributed by atoms with van der Waals surface area (Å²) in [5.41, 5.74) is 4.71. The summed E-state index contributed by atoms with van der Waals surface area (Å²) < 4.78 is 2.51. The Balaban J connectivity index is 1.61. The molecule has 0 spiro atoms. The molecule has 0 radical (unpaired) electrons. The Kier molecular flexibility index (Phi) is 5.30. The fourth-order valence-electron chi connectivity index (χ4n) is 4.99. The van der Waals surface area contributed by atoms with Crippen LogP contribution >= 0.6 is 12.2 Å². The standard InChI is InChI=1S/C25H28N4S/c1-18-12-14-20(15-13-18)29-24(23(27-25(29)30)21-10-5-6-16-26-21)22-11-7-17-28(22)19-8-3-2-4-9-19/h5-7,10-17,19,23-24H,2-4,8-9H2,1H3,(H,27,30)/t23-,24+/m1/s1. The fraction of sp³-hybridized carbons (Fsp3) is 0.360. The second-order valence-corrected chi connectivity index (χ2v) is 8.85. The van der Waals surface area contributed by atoms with Gasteiger partial charge in [0.05, 0.1) is 11.7 Å². The van der Waals surface area contributed by atoms with Gasteiger partial charge in [-0.3, -0.25) is 4.98 Å². The Labute approximate surface area is 183 Å². The lowest BCUT2D eigenvalue weighted by Gasteiger charge is -2.32. The maximum absolute atomic E-state index is 5.86. The van der Waals surface area contributed by atoms with Crippen molar-refractivity contribution >= 4 is 23.0 Å². The van der Waals surface area contributed by atoms with Gasteiger partial charge in [-0.1, -0.05) is 43.0 Å². The van der Waals surface area contributed by atoms with Crippen LogP contribution in [0.25, 0.3) is 0 Å². The van der Waals surface area contributed by atoms with E-state index < -0.39 is 0 Å². The molecule has 0 unspecified atom stereocenters. The zero-order chi connectivity index (χ0) is 20.5. The van der Waals surface area contributed by atoms with Gasteiger partial charge in [0.1, 0.15) is 6.04 Å². The zero-order valence-electron chi connectivity index (χ0n) is 17.4. The molecular formula is C25H28N4S. The number of thiocarbonyl (C=S) groups is 1. The molecule has 5 rings (SSSR count). The van der Waals surface area contributed by atoms with E-state index >= 15 is 0 Å². The molecule has 0 bridgehead atoms. The lowest BCUT2D eigenvalue weighted by Crippen LogP contribution is -2.31. The highest BCUT2D eigenvalue weighted by atomic mass is 32.1. The van der Waals surface area contributed by atoms with Gasteiger partial charge in [0, 0.05) is 29.8 Å². The molecule has 1 N–H and O–H groups in total. The Bertz CT molecular complexity index is 1010. The molecule has 3 aromatic rings. The number of hydrogen-bond donors (Lipinski definition) is 1. The number of aromatic nitrogens is 2. The number of nitrogens with one attached hydrogen (secondary N) is 1. The van der Waals surface area contributed by atoms with Crippen LogP contribution in [0.5, 0.6) is 0 Å². The molecule has 3 heterocycles. The van der Waals surface area contributed by atoms with E-state index in [2.05, 4.69) is 81.4 Å². The molecule has 4 nitrogen and oxygen atoms in total. The van der Waals surface area contributed by atoms with E-state index in [-0.39, 0.29) is 12.1 Å². The molecule has 1 saturated heterocycles. The number of pyridine rings is 1. The number of nitrogens with zero attached hydrogens (tertiary/aromatic N) is 3. The molecule has 5 heteroatoms. The number of hydrogen-bond acceptors (Lipinski definition) is 2. The summed E-state index contributed by atoms with van der Waals surface area (Å²) in [6.07, 6.45) is 10.6. The molecule has 30 heavy (non-hydrogen) atoms. The quantitative estimate of drug-likeness (QED) is 0.539. The average Bonchev–Trinajstić information content (AvgIpc) is 3.40. The average molecular weight is 417 g/mol. The van der Waals surface area contributed by atoms with Crippen molar-refractivity contribution in [2.75, 3.05) is 4.90 Å². The maximum atomic E-state index is 5.86. The lowest BCUT2D eigenvalue weighted by molar-refractivity contribution is 0.340. The van der Waals surface area contributed by atoms with Crippen molar-refractivity contribution in [3.8, 4) is 0 Å². The first-order valence-corrected chi connectivity index (χ1v) is 11.4. The minimum Gasteiger partial charge on any atom is -0.351 e. The summed E-state index contributed by atoms with van der Waals surface area (Å²) in [6.45, 7) is 2.12. The molecule has 1 aromatic carbocycles. The Hall–Kier alpha value is -2.66. The maximum Gasteiger partial charge on any atom is 0.174 e. The van der Waals surface area contributed by atoms with E-state index in [0.717, 1.165) is 16.5 Å². The molecule has 2 aromatic heterocycles. The van der Waals surface area contributed by atoms with Crippen molar-refractivity contribution in [1.29, 1.82) is 0 Å². The first kappa shape index (κ1) is 19.3. The highest BCUT2D eigenvalue weighted by molar-refractivity contribution is 7.80. The van der Waals surface area contributed by atoms with E-state index in [1.165, 1.54) is 43.4 Å². The van der Waals surface area contributed by atoms with Crippen LogP contribution in [0.1, 0.15) is 67.2 Å². The minimum absolute atomic E-state index is 0.0113. The number of aryl methyl sites for hydroxylation is 1. The van der Waals surface area contributed by atoms with Gasteiger partial charge in [-0.15, -0.1) is 0 Å². The van der Waals surface area contributed by atoms with Crippen molar-refractivity contribution in [3.05, 3.63) is 83.9 Å². The highest BCUT2D eigenvalue weighted by Crippen LogP contribution is 2.43. The van der Waals surface area contributed by atoms with Crippen molar-refractivity contribution in [2.45, 2.75) is 57.2 Å². The van der Waals surface area contributed by atoms with E-state index in [1.807, 2.05) is 12.3 Å². The first-order chi connectivity index (χ1) is 14.7. The van der Waals surface area contributed by atoms with Gasteiger partial charge in [0.25, 0.3) is 0 Å². The van der Waals surface area contributed by atoms with Crippen LogP contribution in [-0.2, 0) is 0 Å². The smallest absolute Gasteiger partial charge is 0.174 e. The SMILES string of the molecule is Cc1ccc(N2C(=S)N[C@H](c3ccccn3)[C@@H]2c2cccn2C2CCCCC2)cc1. The van der Waals surface area contributed by atoms with Crippen molar-refractivity contribution in [1.82, 2.24) is 14.9 Å². The predicted octanol–water partition coefficient (Wildman–Crippen LogP) is 5.87. The largest absolute Gasteiger partial charge is 0.351 e. The Morgan fingerprint density at radius 1 is 0.967 bits per heavy atom. The number of anilines is 1. The molecule has 2 fully saturated rings. The number of rotatable bonds is 4. The third kappa shape index (κ3) is 3.52. The van der Waals surface area contributed by atoms with E-state index in [0.29, 0.717) is 6.04 Å². The molecule has 1 aliphatic heterocycles. The Morgan fingerprint density at radius 3 is 2.50 bits per heavy atom. The van der Waals surface area contributed by atoms with Crippen LogP contribution in [-0.4, -0.2) is 14.7 Å². The van der Waals surface area contributed by atoms with Gasteiger partial charge in [-0.05, 0) is 68.4 Å². The summed E-state index contributed by atoms with van der Waals surface area (Å²) >= 11 is 5.86. The molecule has 1 aliphatic carbocycles. The summed E-state index contributed by atoms with van der Waals surface area (Å²) in [7, 11) is 0. The summed E-state index contributed by atoms with van der Waals surface area (Å²) in [4.78, 5) is 6.96. The summed E-state index contributed by atoms with van der Waals surface area (Å²) in [5.74, 6) is 0. The first-order valence-electron chi connectivity index (χ1n) is 11.0. The van der Waals surface area contributed by atoms with Gasteiger partial charge in [-0.2, -0.15) is 0 Å². The molecule has 2 aliphatic rings. The molecular weight excluding hydrogens is 388 g/mol. The van der Waals surface area contributed by atoms with Crippen molar-refractivity contribution in [2.24, 2.45) is 0 Å². The minimum atomic E-state index is 0.0113. The van der Waals surface area contributed by atoms with Crippen LogP contribution in [0.3, 0.4) is 0 Å². The van der Waals surface area contributed by atoms with Crippen molar-refractivity contribution in [3.63, 3.8) is 0 Å². The van der Waals surface area contributed by atoms with Gasteiger partial charge < -0.3 is 14.8 Å². The van der Waals surface area contributed by atoms with E-state index in [9.17, 15) is 0 Å². The molecule has 154 valence electrons. The van der Waals surface area contributed by atoms with Crippen LogP contribution < -0.4 is 10.2 Å². The van der Waals surface area contributed by atoms with Crippen LogP contribution in [0.4, 0.5) is 5.69 Å². The molecule has 0 amide bonds. The lowest BCUT2D eigenvalue weighted by atomic mass is 9.94. The summed E-state index contributed by atoms with van der Waals surface area (Å²) in [6, 6.07) is 19.9. The third-order valence-corrected chi connectivity index (χ3v) is 6.81. The molecule has 2 atom stereocenters. The third-order valence-electron chi connectivity index (χ3n) is 6.49. The van der Waals surface area contributed by atoms with E-state index in [1.54, 1.807) is 0 Å². The number of benzene rings is 1. The molecule has 1 saturated carbocycles. The van der Waals surface area contributed by atoms with Crippen molar-refractivity contribution < 1.29 is 0 Å². The van der Waals surface area contributed by atoms with Gasteiger partial charge in [-0.25, -0.2) is 0 Å². The topological polar surface area (TPSA) is 33.1 Å². The second kappa shape index (κ2) is 8.23. The van der Waals surface area contributed by atoms with Crippen LogP contribution in [0.15, 0.2) is 67.0 Å². The fourth-order valence-corrected chi connectivity index (χ4v) is 5.33. The highest BCUT2D eigenvalue weighted by Gasteiger charge is 2.42. The normalized spacial score (nSPS) is 22.3. The summed E-state index contributed by atoms with van der Waals surface area (Å²) in [5, 5.41) is 4.34.